The van der Waals surface area contributed by atoms with Crippen LogP contribution < -0.4 is 10.2 Å². The Hall–Kier alpha value is -1.61. The van der Waals surface area contributed by atoms with Crippen molar-refractivity contribution in [2.45, 2.75) is 46.2 Å². The molecule has 2 aromatic rings. The molecule has 0 unspecified atom stereocenters. The molecule has 0 amide bonds. The topological polar surface area (TPSA) is 28.2 Å². The van der Waals surface area contributed by atoms with E-state index >= 15 is 0 Å². The maximum Gasteiger partial charge on any atom is 0.133 e. The number of pyridine rings is 1. The number of hydrogen-bond donors (Lipinski definition) is 1. The lowest BCUT2D eigenvalue weighted by Gasteiger charge is -2.25. The van der Waals surface area contributed by atoms with Crippen LogP contribution in [0.25, 0.3) is 10.9 Å². The lowest BCUT2D eigenvalue weighted by atomic mass is 10.1. The van der Waals surface area contributed by atoms with E-state index in [0.29, 0.717) is 0 Å². The van der Waals surface area contributed by atoms with E-state index in [1.165, 1.54) is 10.9 Å². The van der Waals surface area contributed by atoms with Gasteiger partial charge in [-0.15, -0.1) is 0 Å². The number of anilines is 1. The highest BCUT2D eigenvalue weighted by atomic mass is 15.2. The first-order valence-corrected chi connectivity index (χ1v) is 7.75. The van der Waals surface area contributed by atoms with Crippen LogP contribution >= 0.6 is 0 Å². The Morgan fingerprint density at radius 1 is 1.19 bits per heavy atom. The summed E-state index contributed by atoms with van der Waals surface area (Å²) in [5, 5.41) is 4.78. The monoisotopic (exact) mass is 285 g/mol. The van der Waals surface area contributed by atoms with Gasteiger partial charge in [-0.25, -0.2) is 4.98 Å². The molecule has 0 bridgehead atoms. The first-order chi connectivity index (χ1) is 9.90. The number of hydrogen-bond acceptors (Lipinski definition) is 3. The maximum atomic E-state index is 4.88. The van der Waals surface area contributed by atoms with Gasteiger partial charge in [0, 0.05) is 36.6 Å². The first kappa shape index (κ1) is 15.8. The van der Waals surface area contributed by atoms with E-state index in [-0.39, 0.29) is 5.54 Å². The summed E-state index contributed by atoms with van der Waals surface area (Å²) >= 11 is 0. The average Bonchev–Trinajstić information content (AvgIpc) is 2.43. The van der Waals surface area contributed by atoms with Crippen molar-refractivity contribution in [2.75, 3.05) is 18.5 Å². The van der Waals surface area contributed by atoms with Crippen molar-refractivity contribution in [3.8, 4) is 0 Å². The number of para-hydroxylation sites is 1. The minimum atomic E-state index is 0.103. The summed E-state index contributed by atoms with van der Waals surface area (Å²) in [5.41, 5.74) is 2.43. The van der Waals surface area contributed by atoms with Crippen molar-refractivity contribution in [3.63, 3.8) is 0 Å². The zero-order valence-corrected chi connectivity index (χ0v) is 13.9. The average molecular weight is 285 g/mol. The summed E-state index contributed by atoms with van der Waals surface area (Å²) < 4.78 is 0. The fourth-order valence-corrected chi connectivity index (χ4v) is 2.41. The molecule has 0 saturated carbocycles. The van der Waals surface area contributed by atoms with Gasteiger partial charge in [0.15, 0.2) is 0 Å². The second-order valence-electron chi connectivity index (χ2n) is 6.69. The number of aromatic nitrogens is 1. The number of fused-ring (bicyclic) bond motifs is 1. The molecule has 2 rings (SSSR count). The van der Waals surface area contributed by atoms with Crippen molar-refractivity contribution in [3.05, 3.63) is 35.9 Å². The van der Waals surface area contributed by atoms with Crippen LogP contribution in [0.5, 0.6) is 0 Å². The van der Waals surface area contributed by atoms with Gasteiger partial charge >= 0.3 is 0 Å². The molecule has 0 saturated heterocycles. The molecular weight excluding hydrogens is 258 g/mol. The number of nitrogens with zero attached hydrogens (tertiary/aromatic N) is 2. The summed E-state index contributed by atoms with van der Waals surface area (Å²) in [6, 6.07) is 10.6. The first-order valence-electron chi connectivity index (χ1n) is 7.75. The van der Waals surface area contributed by atoms with Crippen LogP contribution in [0, 0.1) is 0 Å². The van der Waals surface area contributed by atoms with Crippen LogP contribution in [-0.4, -0.2) is 24.1 Å². The lowest BCUT2D eigenvalue weighted by Crippen LogP contribution is -2.35. The molecule has 0 aliphatic carbocycles. The SMILES string of the molecule is CCCN(C)c1nc2ccccc2cc1CNC(C)(C)C. The zero-order valence-electron chi connectivity index (χ0n) is 13.9. The van der Waals surface area contributed by atoms with Crippen molar-refractivity contribution >= 4 is 16.7 Å². The van der Waals surface area contributed by atoms with Crippen molar-refractivity contribution in [1.82, 2.24) is 10.3 Å². The van der Waals surface area contributed by atoms with E-state index in [2.05, 4.69) is 69.2 Å². The molecule has 3 heteroatoms. The van der Waals surface area contributed by atoms with Gasteiger partial charge in [0.05, 0.1) is 5.52 Å². The third kappa shape index (κ3) is 4.18. The highest BCUT2D eigenvalue weighted by Gasteiger charge is 2.14. The third-order valence-corrected chi connectivity index (χ3v) is 3.51. The van der Waals surface area contributed by atoms with Gasteiger partial charge in [0.2, 0.25) is 0 Å². The van der Waals surface area contributed by atoms with Gasteiger partial charge in [-0.2, -0.15) is 0 Å². The standard InChI is InChI=1S/C18H27N3/c1-6-11-21(5)17-15(13-19-18(2,3)4)12-14-9-7-8-10-16(14)20-17/h7-10,12,19H,6,11,13H2,1-5H3. The fourth-order valence-electron chi connectivity index (χ4n) is 2.41. The van der Waals surface area contributed by atoms with Crippen molar-refractivity contribution in [1.29, 1.82) is 0 Å². The summed E-state index contributed by atoms with van der Waals surface area (Å²) in [6.45, 7) is 10.6. The minimum Gasteiger partial charge on any atom is -0.359 e. The summed E-state index contributed by atoms with van der Waals surface area (Å²) in [7, 11) is 2.13. The van der Waals surface area contributed by atoms with Crippen LogP contribution in [-0.2, 0) is 6.54 Å². The van der Waals surface area contributed by atoms with Crippen LogP contribution in [0.1, 0.15) is 39.7 Å². The Labute approximate surface area is 128 Å². The minimum absolute atomic E-state index is 0.103. The van der Waals surface area contributed by atoms with Crippen LogP contribution in [0.15, 0.2) is 30.3 Å². The molecule has 0 fully saturated rings. The van der Waals surface area contributed by atoms with Gasteiger partial charge in [0.25, 0.3) is 0 Å². The fraction of sp³-hybridized carbons (Fsp3) is 0.500. The molecule has 0 spiro atoms. The molecule has 0 atom stereocenters. The quantitative estimate of drug-likeness (QED) is 0.901. The highest BCUT2D eigenvalue weighted by Crippen LogP contribution is 2.23. The van der Waals surface area contributed by atoms with Gasteiger partial charge in [-0.05, 0) is 39.3 Å². The predicted molar refractivity (Wildman–Crippen MR) is 91.9 cm³/mol. The number of nitrogens with one attached hydrogen (secondary N) is 1. The van der Waals surface area contributed by atoms with Gasteiger partial charge in [-0.1, -0.05) is 25.1 Å². The molecule has 1 aromatic carbocycles. The van der Waals surface area contributed by atoms with Gasteiger partial charge in [0.1, 0.15) is 5.82 Å². The molecule has 0 aliphatic heterocycles. The van der Waals surface area contributed by atoms with E-state index in [9.17, 15) is 0 Å². The van der Waals surface area contributed by atoms with E-state index in [0.717, 1.165) is 30.8 Å². The Bertz CT molecular complexity index is 599. The van der Waals surface area contributed by atoms with Crippen molar-refractivity contribution in [2.24, 2.45) is 0 Å². The van der Waals surface area contributed by atoms with Crippen molar-refractivity contribution < 1.29 is 0 Å². The van der Waals surface area contributed by atoms with Gasteiger partial charge < -0.3 is 10.2 Å². The molecule has 0 aliphatic rings. The Kier molecular flexibility index (Phi) is 4.84. The summed E-state index contributed by atoms with van der Waals surface area (Å²) in [5.74, 6) is 1.09. The largest absolute Gasteiger partial charge is 0.359 e. The normalized spacial score (nSPS) is 11.9. The van der Waals surface area contributed by atoms with E-state index in [4.69, 9.17) is 4.98 Å². The third-order valence-electron chi connectivity index (χ3n) is 3.51. The second kappa shape index (κ2) is 6.44. The highest BCUT2D eigenvalue weighted by molar-refractivity contribution is 5.81. The molecule has 3 nitrogen and oxygen atoms in total. The number of benzene rings is 1. The molecule has 1 heterocycles. The molecule has 0 radical (unpaired) electrons. The Balaban J connectivity index is 2.40. The second-order valence-corrected chi connectivity index (χ2v) is 6.69. The Morgan fingerprint density at radius 3 is 2.57 bits per heavy atom. The predicted octanol–water partition coefficient (Wildman–Crippen LogP) is 3.97. The summed E-state index contributed by atoms with van der Waals surface area (Å²) in [4.78, 5) is 7.14. The van der Waals surface area contributed by atoms with Gasteiger partial charge in [-0.3, -0.25) is 0 Å². The molecular formula is C18H27N3. The Morgan fingerprint density at radius 2 is 1.90 bits per heavy atom. The smallest absolute Gasteiger partial charge is 0.133 e. The van der Waals surface area contributed by atoms with Crippen LogP contribution in [0.4, 0.5) is 5.82 Å². The summed E-state index contributed by atoms with van der Waals surface area (Å²) in [6.07, 6.45) is 1.12. The van der Waals surface area contributed by atoms with Crippen LogP contribution in [0.3, 0.4) is 0 Å². The molecule has 1 N–H and O–H groups in total. The van der Waals surface area contributed by atoms with Crippen LogP contribution in [0.2, 0.25) is 0 Å². The number of rotatable bonds is 5. The molecule has 114 valence electrons. The zero-order chi connectivity index (χ0) is 15.5. The van der Waals surface area contributed by atoms with E-state index in [1.54, 1.807) is 0 Å². The van der Waals surface area contributed by atoms with E-state index < -0.39 is 0 Å². The van der Waals surface area contributed by atoms with E-state index in [1.807, 2.05) is 6.07 Å². The lowest BCUT2D eigenvalue weighted by molar-refractivity contribution is 0.424. The maximum absolute atomic E-state index is 4.88. The molecule has 21 heavy (non-hydrogen) atoms. The molecule has 1 aromatic heterocycles.